The molecule has 0 saturated heterocycles. The molecule has 3 heterocycles. The van der Waals surface area contributed by atoms with Crippen molar-refractivity contribution in [1.29, 1.82) is 0 Å². The van der Waals surface area contributed by atoms with Crippen LogP contribution in [0.15, 0.2) is 27.3 Å². The van der Waals surface area contributed by atoms with Gasteiger partial charge in [-0.05, 0) is 25.3 Å². The lowest BCUT2D eigenvalue weighted by Gasteiger charge is -2.00. The van der Waals surface area contributed by atoms with E-state index in [4.69, 9.17) is 4.42 Å². The number of hydrogen-bond donors (Lipinski definition) is 0. The van der Waals surface area contributed by atoms with Crippen molar-refractivity contribution in [1.82, 2.24) is 9.97 Å². The maximum Gasteiger partial charge on any atom is 0.236 e. The smallest absolute Gasteiger partial charge is 0.236 e. The van der Waals surface area contributed by atoms with Gasteiger partial charge in [0.1, 0.15) is 5.76 Å². The highest BCUT2D eigenvalue weighted by Gasteiger charge is 2.20. The molecule has 3 rings (SSSR count). The lowest BCUT2D eigenvalue weighted by atomic mass is 10.4. The van der Waals surface area contributed by atoms with E-state index in [9.17, 15) is 8.42 Å². The van der Waals surface area contributed by atoms with Gasteiger partial charge in [-0.3, -0.25) is 0 Å². The first-order valence-electron chi connectivity index (χ1n) is 6.54. The Balaban J connectivity index is 1.80. The van der Waals surface area contributed by atoms with Gasteiger partial charge in [-0.15, -0.1) is 22.7 Å². The van der Waals surface area contributed by atoms with Gasteiger partial charge in [-0.2, -0.15) is 0 Å². The summed E-state index contributed by atoms with van der Waals surface area (Å²) in [6.45, 7) is 3.60. The second kappa shape index (κ2) is 5.94. The SMILES string of the molecule is Cc1nc(CS(=O)(=O)Cc2nc(-c3cccs3)oc2C)cs1. The molecule has 116 valence electrons. The number of aryl methyl sites for hydroxylation is 2. The van der Waals surface area contributed by atoms with Gasteiger partial charge in [0, 0.05) is 5.38 Å². The Morgan fingerprint density at radius 3 is 2.64 bits per heavy atom. The maximum absolute atomic E-state index is 12.3. The van der Waals surface area contributed by atoms with Crippen LogP contribution in [-0.4, -0.2) is 18.4 Å². The van der Waals surface area contributed by atoms with Crippen LogP contribution in [0.4, 0.5) is 0 Å². The maximum atomic E-state index is 12.3. The summed E-state index contributed by atoms with van der Waals surface area (Å²) in [5.41, 5.74) is 1.05. The fraction of sp³-hybridized carbons (Fsp3) is 0.286. The van der Waals surface area contributed by atoms with E-state index in [-0.39, 0.29) is 11.5 Å². The van der Waals surface area contributed by atoms with Crippen LogP contribution < -0.4 is 0 Å². The van der Waals surface area contributed by atoms with Gasteiger partial charge >= 0.3 is 0 Å². The van der Waals surface area contributed by atoms with Crippen molar-refractivity contribution in [3.63, 3.8) is 0 Å². The average Bonchev–Trinajstić information content (AvgIpc) is 3.12. The second-order valence-electron chi connectivity index (χ2n) is 4.89. The summed E-state index contributed by atoms with van der Waals surface area (Å²) < 4.78 is 30.2. The summed E-state index contributed by atoms with van der Waals surface area (Å²) in [6, 6.07) is 3.80. The van der Waals surface area contributed by atoms with Gasteiger partial charge in [0.05, 0.1) is 32.8 Å². The number of thiazole rings is 1. The molecule has 0 unspecified atom stereocenters. The molecule has 0 radical (unpaired) electrons. The summed E-state index contributed by atoms with van der Waals surface area (Å²) in [5.74, 6) is 0.811. The van der Waals surface area contributed by atoms with E-state index >= 15 is 0 Å². The van der Waals surface area contributed by atoms with Crippen LogP contribution in [0, 0.1) is 13.8 Å². The molecule has 0 spiro atoms. The molecule has 0 atom stereocenters. The fourth-order valence-electron chi connectivity index (χ4n) is 2.03. The quantitative estimate of drug-likeness (QED) is 0.700. The van der Waals surface area contributed by atoms with Crippen molar-refractivity contribution in [2.24, 2.45) is 0 Å². The molecule has 22 heavy (non-hydrogen) atoms. The van der Waals surface area contributed by atoms with Crippen LogP contribution >= 0.6 is 22.7 Å². The fourth-order valence-corrected chi connectivity index (χ4v) is 4.78. The topological polar surface area (TPSA) is 73.1 Å². The first kappa shape index (κ1) is 15.4. The molecule has 0 saturated carbocycles. The minimum atomic E-state index is -3.33. The molecule has 0 aromatic carbocycles. The Morgan fingerprint density at radius 2 is 2.00 bits per heavy atom. The number of hydrogen-bond acceptors (Lipinski definition) is 7. The molecule has 8 heteroatoms. The van der Waals surface area contributed by atoms with E-state index in [0.29, 0.717) is 23.0 Å². The van der Waals surface area contributed by atoms with E-state index in [1.807, 2.05) is 24.4 Å². The zero-order valence-corrected chi connectivity index (χ0v) is 14.5. The number of thiophene rings is 1. The van der Waals surface area contributed by atoms with Crippen LogP contribution in [0.25, 0.3) is 10.8 Å². The Labute approximate surface area is 136 Å². The number of nitrogens with zero attached hydrogens (tertiary/aromatic N) is 2. The summed E-state index contributed by atoms with van der Waals surface area (Å²) in [7, 11) is -3.33. The van der Waals surface area contributed by atoms with Crippen LogP contribution in [0.3, 0.4) is 0 Å². The van der Waals surface area contributed by atoms with Crippen LogP contribution in [0.5, 0.6) is 0 Å². The molecular weight excluding hydrogens is 340 g/mol. The Hall–Kier alpha value is -1.51. The lowest BCUT2D eigenvalue weighted by Crippen LogP contribution is -2.09. The predicted molar refractivity (Wildman–Crippen MR) is 87.7 cm³/mol. The van der Waals surface area contributed by atoms with Crippen LogP contribution in [0.2, 0.25) is 0 Å². The highest BCUT2D eigenvalue weighted by atomic mass is 32.2. The van der Waals surface area contributed by atoms with E-state index in [0.717, 1.165) is 9.88 Å². The van der Waals surface area contributed by atoms with Crippen molar-refractivity contribution < 1.29 is 12.8 Å². The highest BCUT2D eigenvalue weighted by molar-refractivity contribution is 7.89. The molecule has 5 nitrogen and oxygen atoms in total. The van der Waals surface area contributed by atoms with Crippen molar-refractivity contribution in [2.45, 2.75) is 25.4 Å². The van der Waals surface area contributed by atoms with Crippen LogP contribution in [0.1, 0.15) is 22.2 Å². The second-order valence-corrected chi connectivity index (χ2v) is 8.96. The summed E-state index contributed by atoms with van der Waals surface area (Å²) >= 11 is 2.96. The van der Waals surface area contributed by atoms with E-state index in [1.54, 1.807) is 12.3 Å². The molecule has 0 fully saturated rings. The van der Waals surface area contributed by atoms with Gasteiger partial charge in [0.25, 0.3) is 0 Å². The summed E-state index contributed by atoms with van der Waals surface area (Å²) in [5, 5.41) is 4.57. The molecule has 0 aliphatic rings. The third kappa shape index (κ3) is 3.45. The molecule has 0 aliphatic carbocycles. The molecule has 0 aliphatic heterocycles. The Kier molecular flexibility index (Phi) is 4.16. The summed E-state index contributed by atoms with van der Waals surface area (Å²) in [6.07, 6.45) is 0. The van der Waals surface area contributed by atoms with Gasteiger partial charge < -0.3 is 4.42 Å². The molecule has 0 N–H and O–H groups in total. The molecule has 0 amide bonds. The first-order chi connectivity index (χ1) is 10.4. The van der Waals surface area contributed by atoms with Crippen molar-refractivity contribution >= 4 is 32.5 Å². The average molecular weight is 354 g/mol. The Bertz CT molecular complexity index is 876. The summed E-state index contributed by atoms with van der Waals surface area (Å²) in [4.78, 5) is 9.42. The monoisotopic (exact) mass is 354 g/mol. The van der Waals surface area contributed by atoms with E-state index < -0.39 is 9.84 Å². The van der Waals surface area contributed by atoms with E-state index in [1.165, 1.54) is 22.7 Å². The number of oxazole rings is 1. The van der Waals surface area contributed by atoms with Gasteiger partial charge in [-0.1, -0.05) is 6.07 Å². The number of rotatable bonds is 5. The van der Waals surface area contributed by atoms with Crippen molar-refractivity contribution in [3.05, 3.63) is 45.0 Å². The number of aromatic nitrogens is 2. The highest BCUT2D eigenvalue weighted by Crippen LogP contribution is 2.27. The van der Waals surface area contributed by atoms with E-state index in [2.05, 4.69) is 9.97 Å². The van der Waals surface area contributed by atoms with Gasteiger partial charge in [0.2, 0.25) is 5.89 Å². The molecule has 3 aromatic rings. The molecular formula is C14H14N2O3S3. The van der Waals surface area contributed by atoms with Crippen molar-refractivity contribution in [3.8, 4) is 10.8 Å². The number of sulfone groups is 1. The Morgan fingerprint density at radius 1 is 1.18 bits per heavy atom. The third-order valence-corrected chi connectivity index (χ3v) is 6.14. The predicted octanol–water partition coefficient (Wildman–Crippen LogP) is 3.59. The minimum Gasteiger partial charge on any atom is -0.440 e. The molecule has 0 bridgehead atoms. The largest absolute Gasteiger partial charge is 0.440 e. The third-order valence-electron chi connectivity index (χ3n) is 3.02. The van der Waals surface area contributed by atoms with Crippen molar-refractivity contribution in [2.75, 3.05) is 0 Å². The zero-order chi connectivity index (χ0) is 15.7. The molecule has 3 aromatic heterocycles. The minimum absolute atomic E-state index is 0.0715. The first-order valence-corrected chi connectivity index (χ1v) is 10.1. The van der Waals surface area contributed by atoms with Crippen LogP contribution in [-0.2, 0) is 21.3 Å². The lowest BCUT2D eigenvalue weighted by molar-refractivity contribution is 0.541. The van der Waals surface area contributed by atoms with Gasteiger partial charge in [0.15, 0.2) is 9.84 Å². The van der Waals surface area contributed by atoms with Gasteiger partial charge in [-0.25, -0.2) is 18.4 Å². The zero-order valence-electron chi connectivity index (χ0n) is 12.1. The standard InChI is InChI=1S/C14H14N2O3S3/c1-9-12(16-14(19-9)13-4-3-5-20-13)8-22(17,18)7-11-6-21-10(2)15-11/h3-6H,7-8H2,1-2H3. The normalized spacial score (nSPS) is 11.9.